The van der Waals surface area contributed by atoms with Gasteiger partial charge in [-0.1, -0.05) is 39.0 Å². The van der Waals surface area contributed by atoms with Crippen LogP contribution in [0.2, 0.25) is 18.1 Å². The van der Waals surface area contributed by atoms with Gasteiger partial charge in [-0.25, -0.2) is 0 Å². The van der Waals surface area contributed by atoms with Gasteiger partial charge in [0.15, 0.2) is 14.1 Å². The molecule has 2 fully saturated rings. The van der Waals surface area contributed by atoms with Gasteiger partial charge >= 0.3 is 0 Å². The second kappa shape index (κ2) is 6.67. The predicted molar refractivity (Wildman–Crippen MR) is 113 cm³/mol. The van der Waals surface area contributed by atoms with Crippen molar-refractivity contribution in [2.24, 2.45) is 0 Å². The SMILES string of the molecule is CC1(C)O[C@@H]2[C@H](O1)[C@H](CO[Si](C)(C)C(C)(C)C)N[C@@H]2c1cc2ccccc2o1. The molecule has 0 bridgehead atoms. The van der Waals surface area contributed by atoms with Crippen molar-refractivity contribution in [3.63, 3.8) is 0 Å². The number of hydrogen-bond acceptors (Lipinski definition) is 5. The number of benzene rings is 1. The van der Waals surface area contributed by atoms with Gasteiger partial charge in [-0.15, -0.1) is 0 Å². The fourth-order valence-corrected chi connectivity index (χ4v) is 4.89. The molecule has 2 saturated heterocycles. The molecule has 1 aromatic carbocycles. The molecule has 0 aliphatic carbocycles. The molecule has 6 heteroatoms. The summed E-state index contributed by atoms with van der Waals surface area (Å²) in [6.07, 6.45) is -0.151. The van der Waals surface area contributed by atoms with E-state index in [0.29, 0.717) is 6.61 Å². The molecule has 2 aliphatic heterocycles. The van der Waals surface area contributed by atoms with E-state index in [9.17, 15) is 0 Å². The van der Waals surface area contributed by atoms with Crippen LogP contribution in [0.3, 0.4) is 0 Å². The summed E-state index contributed by atoms with van der Waals surface area (Å²) < 4.78 is 25.2. The molecule has 1 N–H and O–H groups in total. The third-order valence-corrected chi connectivity index (χ3v) is 11.0. The highest BCUT2D eigenvalue weighted by Gasteiger charge is 2.55. The summed E-state index contributed by atoms with van der Waals surface area (Å²) in [5, 5.41) is 4.97. The first kappa shape index (κ1) is 20.1. The van der Waals surface area contributed by atoms with E-state index < -0.39 is 14.1 Å². The summed E-state index contributed by atoms with van der Waals surface area (Å²) >= 11 is 0. The topological polar surface area (TPSA) is 52.9 Å². The van der Waals surface area contributed by atoms with Gasteiger partial charge in [0.2, 0.25) is 0 Å². The number of fused-ring (bicyclic) bond motifs is 2. The highest BCUT2D eigenvalue weighted by molar-refractivity contribution is 6.74. The van der Waals surface area contributed by atoms with E-state index in [-0.39, 0.29) is 29.3 Å². The molecule has 0 saturated carbocycles. The average Bonchev–Trinajstić information content (AvgIpc) is 3.22. The zero-order valence-electron chi connectivity index (χ0n) is 18.0. The molecule has 2 aromatic rings. The molecular weight excluding hydrogens is 370 g/mol. The Labute approximate surface area is 168 Å². The predicted octanol–water partition coefficient (Wildman–Crippen LogP) is 4.99. The first-order chi connectivity index (χ1) is 13.0. The lowest BCUT2D eigenvalue weighted by molar-refractivity contribution is -0.158. The standard InChI is InChI=1S/C22H33NO4Si/c1-21(2,3)28(6,7)24-13-15-19-20(27-22(4,5)26-19)18(23-15)17-12-14-10-8-9-11-16(14)25-17/h8-12,15,18-20,23H,13H2,1-7H3/t15-,18+,19+,20-/m0/s1. The first-order valence-corrected chi connectivity index (χ1v) is 13.1. The minimum atomic E-state index is -1.84. The number of rotatable bonds is 4. The molecule has 0 radical (unpaired) electrons. The van der Waals surface area contributed by atoms with Crippen LogP contribution >= 0.6 is 0 Å². The molecule has 28 heavy (non-hydrogen) atoms. The van der Waals surface area contributed by atoms with Crippen LogP contribution in [0, 0.1) is 0 Å². The smallest absolute Gasteiger partial charge is 0.192 e. The summed E-state index contributed by atoms with van der Waals surface area (Å²) in [7, 11) is -1.84. The van der Waals surface area contributed by atoms with E-state index >= 15 is 0 Å². The molecule has 4 rings (SSSR count). The van der Waals surface area contributed by atoms with Crippen LogP contribution in [0.25, 0.3) is 11.0 Å². The van der Waals surface area contributed by atoms with Crippen LogP contribution in [-0.2, 0) is 13.9 Å². The molecule has 5 nitrogen and oxygen atoms in total. The number of furan rings is 1. The van der Waals surface area contributed by atoms with Crippen LogP contribution in [0.15, 0.2) is 34.7 Å². The van der Waals surface area contributed by atoms with Crippen molar-refractivity contribution in [2.75, 3.05) is 6.61 Å². The van der Waals surface area contributed by atoms with Crippen molar-refractivity contribution < 1.29 is 18.3 Å². The molecule has 4 atom stereocenters. The van der Waals surface area contributed by atoms with E-state index in [4.69, 9.17) is 18.3 Å². The summed E-state index contributed by atoms with van der Waals surface area (Å²) in [5.74, 6) is 0.295. The van der Waals surface area contributed by atoms with Gasteiger partial charge in [0.1, 0.15) is 23.6 Å². The van der Waals surface area contributed by atoms with Gasteiger partial charge in [0.05, 0.1) is 18.7 Å². The minimum absolute atomic E-state index is 0.0489. The van der Waals surface area contributed by atoms with Crippen LogP contribution in [0.5, 0.6) is 0 Å². The van der Waals surface area contributed by atoms with Gasteiger partial charge < -0.3 is 18.3 Å². The van der Waals surface area contributed by atoms with E-state index in [1.54, 1.807) is 0 Å². The van der Waals surface area contributed by atoms with Crippen LogP contribution in [0.1, 0.15) is 46.4 Å². The van der Waals surface area contributed by atoms with Crippen molar-refractivity contribution >= 4 is 19.3 Å². The molecule has 3 heterocycles. The Bertz CT molecular complexity index is 821. The summed E-state index contributed by atoms with van der Waals surface area (Å²) in [6.45, 7) is 15.9. The number of nitrogens with one attached hydrogen (secondary N) is 1. The zero-order chi connectivity index (χ0) is 20.3. The normalized spacial score (nSPS) is 30.1. The third kappa shape index (κ3) is 3.57. The zero-order valence-corrected chi connectivity index (χ0v) is 19.0. The van der Waals surface area contributed by atoms with Gasteiger partial charge in [0, 0.05) is 5.39 Å². The quantitative estimate of drug-likeness (QED) is 0.729. The van der Waals surface area contributed by atoms with E-state index in [2.05, 4.69) is 51.3 Å². The maximum absolute atomic E-state index is 6.51. The van der Waals surface area contributed by atoms with Gasteiger partial charge in [0.25, 0.3) is 0 Å². The maximum Gasteiger partial charge on any atom is 0.192 e. The highest BCUT2D eigenvalue weighted by atomic mass is 28.4. The van der Waals surface area contributed by atoms with Crippen LogP contribution in [-0.4, -0.2) is 39.0 Å². The largest absolute Gasteiger partial charge is 0.459 e. The molecule has 0 spiro atoms. The Balaban J connectivity index is 1.57. The average molecular weight is 404 g/mol. The Morgan fingerprint density at radius 2 is 1.79 bits per heavy atom. The summed E-state index contributed by atoms with van der Waals surface area (Å²) in [4.78, 5) is 0. The molecule has 1 aromatic heterocycles. The van der Waals surface area contributed by atoms with Crippen molar-refractivity contribution in [3.05, 3.63) is 36.1 Å². The Hall–Kier alpha value is -1.18. The lowest BCUT2D eigenvalue weighted by Crippen LogP contribution is -2.47. The number of ether oxygens (including phenoxy) is 2. The fourth-order valence-electron chi connectivity index (χ4n) is 3.86. The molecule has 0 amide bonds. The van der Waals surface area contributed by atoms with Gasteiger partial charge in [-0.2, -0.15) is 0 Å². The van der Waals surface area contributed by atoms with Gasteiger partial charge in [-0.3, -0.25) is 5.32 Å². The fraction of sp³-hybridized carbons (Fsp3) is 0.636. The van der Waals surface area contributed by atoms with Crippen LogP contribution in [0.4, 0.5) is 0 Å². The van der Waals surface area contributed by atoms with Crippen molar-refractivity contribution in [3.8, 4) is 0 Å². The molecular formula is C22H33NO4Si. The van der Waals surface area contributed by atoms with E-state index in [0.717, 1.165) is 16.7 Å². The molecule has 2 aliphatic rings. The van der Waals surface area contributed by atoms with Crippen molar-refractivity contribution in [2.45, 2.75) is 82.8 Å². The van der Waals surface area contributed by atoms with Crippen LogP contribution < -0.4 is 5.32 Å². The molecule has 154 valence electrons. The number of para-hydroxylation sites is 1. The summed E-state index contributed by atoms with van der Waals surface area (Å²) in [5.41, 5.74) is 0.898. The Morgan fingerprint density at radius 1 is 1.11 bits per heavy atom. The number of hydrogen-bond donors (Lipinski definition) is 1. The Morgan fingerprint density at radius 3 is 2.46 bits per heavy atom. The third-order valence-electron chi connectivity index (χ3n) is 6.46. The van der Waals surface area contributed by atoms with Gasteiger partial charge in [-0.05, 0) is 44.1 Å². The van der Waals surface area contributed by atoms with E-state index in [1.807, 2.05) is 32.0 Å². The highest BCUT2D eigenvalue weighted by Crippen LogP contribution is 2.43. The second-order valence-electron chi connectivity index (χ2n) is 10.1. The lowest BCUT2D eigenvalue weighted by atomic mass is 10.1. The maximum atomic E-state index is 6.51. The minimum Gasteiger partial charge on any atom is -0.459 e. The van der Waals surface area contributed by atoms with E-state index in [1.165, 1.54) is 0 Å². The lowest BCUT2D eigenvalue weighted by Gasteiger charge is -2.37. The summed E-state index contributed by atoms with van der Waals surface area (Å²) in [6, 6.07) is 10.2. The first-order valence-electron chi connectivity index (χ1n) is 10.2. The van der Waals surface area contributed by atoms with Crippen molar-refractivity contribution in [1.29, 1.82) is 0 Å². The Kier molecular flexibility index (Phi) is 4.79. The van der Waals surface area contributed by atoms with Crippen molar-refractivity contribution in [1.82, 2.24) is 5.32 Å². The second-order valence-corrected chi connectivity index (χ2v) is 14.9. The molecule has 0 unspecified atom stereocenters. The monoisotopic (exact) mass is 403 g/mol.